The molecule has 1 amide bonds. The van der Waals surface area contributed by atoms with E-state index in [0.29, 0.717) is 16.1 Å². The van der Waals surface area contributed by atoms with Gasteiger partial charge in [-0.05, 0) is 17.7 Å². The fraction of sp³-hybridized carbons (Fsp3) is 0.105. The molecule has 3 rings (SSSR count). The monoisotopic (exact) mass is 386 g/mol. The fourth-order valence-corrected chi connectivity index (χ4v) is 3.43. The molecule has 1 unspecified atom stereocenters. The number of nitrogens with zero attached hydrogens (tertiary/aromatic N) is 2. The normalized spacial score (nSPS) is 18.8. The van der Waals surface area contributed by atoms with Crippen molar-refractivity contribution in [2.75, 3.05) is 6.54 Å². The molecule has 1 atom stereocenters. The first-order chi connectivity index (χ1) is 12.5. The van der Waals surface area contributed by atoms with Crippen LogP contribution in [0.3, 0.4) is 0 Å². The molecule has 0 saturated carbocycles. The van der Waals surface area contributed by atoms with Gasteiger partial charge >= 0.3 is 0 Å². The first kappa shape index (κ1) is 18.0. The van der Waals surface area contributed by atoms with Crippen LogP contribution in [0.5, 0.6) is 0 Å². The number of amides is 1. The molecule has 2 aromatic carbocycles. The molecule has 0 spiro atoms. The number of Topliss-reactive ketones (excluding diaryl/α,β-unsaturated/α-hetero) is 1. The Morgan fingerprint density at radius 3 is 2.46 bits per heavy atom. The van der Waals surface area contributed by atoms with Crippen LogP contribution in [0.2, 0.25) is 10.0 Å². The number of likely N-dealkylation sites (tertiary alicyclic amines) is 1. The number of hydrogen-bond donors (Lipinski definition) is 1. The van der Waals surface area contributed by atoms with Crippen molar-refractivity contribution < 1.29 is 14.7 Å². The second-order valence-electron chi connectivity index (χ2n) is 5.62. The van der Waals surface area contributed by atoms with Crippen LogP contribution in [0, 0.1) is 11.3 Å². The molecule has 26 heavy (non-hydrogen) atoms. The summed E-state index contributed by atoms with van der Waals surface area (Å²) in [6.45, 7) is -0.320. The number of aliphatic hydroxyl groups excluding tert-OH is 1. The number of rotatable bonds is 3. The van der Waals surface area contributed by atoms with Gasteiger partial charge in [-0.15, -0.1) is 0 Å². The van der Waals surface area contributed by atoms with E-state index in [0.717, 1.165) is 4.90 Å². The van der Waals surface area contributed by atoms with Gasteiger partial charge in [0.2, 0.25) is 0 Å². The van der Waals surface area contributed by atoms with E-state index >= 15 is 0 Å². The summed E-state index contributed by atoms with van der Waals surface area (Å²) in [6, 6.07) is 13.9. The Kier molecular flexibility index (Phi) is 4.99. The van der Waals surface area contributed by atoms with E-state index in [1.807, 2.05) is 6.07 Å². The maximum Gasteiger partial charge on any atom is 0.296 e. The third kappa shape index (κ3) is 3.05. The van der Waals surface area contributed by atoms with Gasteiger partial charge in [0.05, 0.1) is 17.7 Å². The molecule has 7 heteroatoms. The van der Waals surface area contributed by atoms with E-state index in [1.54, 1.807) is 42.5 Å². The first-order valence-electron chi connectivity index (χ1n) is 7.61. The van der Waals surface area contributed by atoms with Gasteiger partial charge < -0.3 is 10.0 Å². The van der Waals surface area contributed by atoms with Crippen LogP contribution in [0.1, 0.15) is 17.2 Å². The summed E-state index contributed by atoms with van der Waals surface area (Å²) in [5, 5.41) is 20.4. The SMILES string of the molecule is N#CCN1C(=O)C(=O)/C(=C(/O)c2ccccc2)C1c1ccc(Cl)cc1Cl. The lowest BCUT2D eigenvalue weighted by Crippen LogP contribution is -2.30. The topological polar surface area (TPSA) is 81.4 Å². The zero-order valence-corrected chi connectivity index (χ0v) is 14.8. The van der Waals surface area contributed by atoms with E-state index in [4.69, 9.17) is 28.5 Å². The maximum absolute atomic E-state index is 12.6. The molecule has 1 fully saturated rings. The number of carbonyl (C=O) groups is 2. The minimum atomic E-state index is -0.973. The smallest absolute Gasteiger partial charge is 0.296 e. The molecule has 0 radical (unpaired) electrons. The average Bonchev–Trinajstić information content (AvgIpc) is 2.87. The molecule has 0 aromatic heterocycles. The van der Waals surface area contributed by atoms with E-state index in [9.17, 15) is 14.7 Å². The number of halogens is 2. The van der Waals surface area contributed by atoms with Crippen LogP contribution in [0.25, 0.3) is 5.76 Å². The van der Waals surface area contributed by atoms with Crippen LogP contribution < -0.4 is 0 Å². The summed E-state index contributed by atoms with van der Waals surface area (Å²) < 4.78 is 0. The third-order valence-electron chi connectivity index (χ3n) is 4.09. The molecule has 2 aromatic rings. The van der Waals surface area contributed by atoms with Crippen LogP contribution in [-0.2, 0) is 9.59 Å². The lowest BCUT2D eigenvalue weighted by Gasteiger charge is -2.23. The number of ketones is 1. The Morgan fingerprint density at radius 1 is 1.15 bits per heavy atom. The van der Waals surface area contributed by atoms with Crippen molar-refractivity contribution in [3.8, 4) is 6.07 Å². The minimum Gasteiger partial charge on any atom is -0.507 e. The minimum absolute atomic E-state index is 0.110. The van der Waals surface area contributed by atoms with E-state index in [1.165, 1.54) is 6.07 Å². The summed E-state index contributed by atoms with van der Waals surface area (Å²) in [6.07, 6.45) is 0. The van der Waals surface area contributed by atoms with E-state index in [-0.39, 0.29) is 22.9 Å². The van der Waals surface area contributed by atoms with Crippen molar-refractivity contribution in [3.05, 3.63) is 75.3 Å². The highest BCUT2D eigenvalue weighted by Gasteiger charge is 2.46. The molecule has 1 aliphatic heterocycles. The van der Waals surface area contributed by atoms with Gasteiger partial charge in [0.1, 0.15) is 12.3 Å². The Hall–Kier alpha value is -2.81. The van der Waals surface area contributed by atoms with Crippen molar-refractivity contribution in [3.63, 3.8) is 0 Å². The highest BCUT2D eigenvalue weighted by Crippen LogP contribution is 2.42. The summed E-state index contributed by atoms with van der Waals surface area (Å²) in [7, 11) is 0. The van der Waals surface area contributed by atoms with Gasteiger partial charge in [-0.25, -0.2) is 0 Å². The van der Waals surface area contributed by atoms with Gasteiger partial charge in [0, 0.05) is 15.6 Å². The molecule has 1 aliphatic rings. The fourth-order valence-electron chi connectivity index (χ4n) is 2.92. The predicted octanol–water partition coefficient (Wildman–Crippen LogP) is 3.94. The van der Waals surface area contributed by atoms with Crippen molar-refractivity contribution in [2.24, 2.45) is 0 Å². The molecule has 0 aliphatic carbocycles. The standard InChI is InChI=1S/C19H12Cl2N2O3/c20-12-6-7-13(14(21)10-12)16-15(17(24)11-4-2-1-3-5-11)18(25)19(26)23(16)9-8-22/h1-7,10,16,24H,9H2/b17-15+. The van der Waals surface area contributed by atoms with Crippen molar-refractivity contribution in [1.29, 1.82) is 5.26 Å². The van der Waals surface area contributed by atoms with E-state index < -0.39 is 17.7 Å². The Morgan fingerprint density at radius 2 is 1.85 bits per heavy atom. The van der Waals surface area contributed by atoms with Crippen molar-refractivity contribution >= 4 is 40.7 Å². The second-order valence-corrected chi connectivity index (χ2v) is 6.46. The third-order valence-corrected chi connectivity index (χ3v) is 4.65. The van der Waals surface area contributed by atoms with Crippen LogP contribution >= 0.6 is 23.2 Å². The lowest BCUT2D eigenvalue weighted by atomic mass is 9.95. The number of aliphatic hydroxyl groups is 1. The number of nitriles is 1. The van der Waals surface area contributed by atoms with Gasteiger partial charge in [0.15, 0.2) is 0 Å². The number of hydrogen-bond acceptors (Lipinski definition) is 4. The zero-order chi connectivity index (χ0) is 18.8. The molecule has 1 saturated heterocycles. The van der Waals surface area contributed by atoms with Crippen LogP contribution in [-0.4, -0.2) is 28.2 Å². The Balaban J connectivity index is 2.25. The summed E-state index contributed by atoms with van der Waals surface area (Å²) in [5.74, 6) is -2.04. The maximum atomic E-state index is 12.6. The summed E-state index contributed by atoms with van der Waals surface area (Å²) in [5.41, 5.74) is 0.682. The quantitative estimate of drug-likeness (QED) is 0.374. The summed E-state index contributed by atoms with van der Waals surface area (Å²) in [4.78, 5) is 26.1. The predicted molar refractivity (Wildman–Crippen MR) is 97.5 cm³/mol. The second kappa shape index (κ2) is 7.20. The highest BCUT2D eigenvalue weighted by atomic mass is 35.5. The molecule has 0 bridgehead atoms. The molecule has 5 nitrogen and oxygen atoms in total. The first-order valence-corrected chi connectivity index (χ1v) is 8.37. The molecule has 130 valence electrons. The largest absolute Gasteiger partial charge is 0.507 e. The molecule has 1 heterocycles. The van der Waals surface area contributed by atoms with Gasteiger partial charge in [-0.1, -0.05) is 59.6 Å². The van der Waals surface area contributed by atoms with Crippen molar-refractivity contribution in [2.45, 2.75) is 6.04 Å². The molecule has 1 N–H and O–H groups in total. The van der Waals surface area contributed by atoms with Gasteiger partial charge in [0.25, 0.3) is 11.7 Å². The van der Waals surface area contributed by atoms with Gasteiger partial charge in [-0.2, -0.15) is 5.26 Å². The number of benzene rings is 2. The zero-order valence-electron chi connectivity index (χ0n) is 13.3. The van der Waals surface area contributed by atoms with Crippen molar-refractivity contribution in [1.82, 2.24) is 4.90 Å². The number of carbonyl (C=O) groups excluding carboxylic acids is 2. The van der Waals surface area contributed by atoms with Crippen LogP contribution in [0.15, 0.2) is 54.1 Å². The molecular weight excluding hydrogens is 375 g/mol. The Labute approximate surface area is 159 Å². The Bertz CT molecular complexity index is 964. The van der Waals surface area contributed by atoms with Crippen LogP contribution in [0.4, 0.5) is 0 Å². The van der Waals surface area contributed by atoms with E-state index in [2.05, 4.69) is 0 Å². The van der Waals surface area contributed by atoms with Gasteiger partial charge in [-0.3, -0.25) is 9.59 Å². The summed E-state index contributed by atoms with van der Waals surface area (Å²) >= 11 is 12.2. The highest BCUT2D eigenvalue weighted by molar-refractivity contribution is 6.47. The average molecular weight is 387 g/mol. The molecular formula is C19H12Cl2N2O3. The lowest BCUT2D eigenvalue weighted by molar-refractivity contribution is -0.139.